The number of amidine groups is 1. The highest BCUT2D eigenvalue weighted by atomic mass is 16.5. The maximum absolute atomic E-state index is 5.82. The number of hydrogen-bond acceptors (Lipinski definition) is 4. The first-order chi connectivity index (χ1) is 9.28. The van der Waals surface area contributed by atoms with Crippen molar-refractivity contribution in [1.29, 1.82) is 0 Å². The SMILES string of the molecule is CCC1CCCCN1C1=Nc2cc(N)ccc2OC1. The highest BCUT2D eigenvalue weighted by Gasteiger charge is 2.26. The van der Waals surface area contributed by atoms with E-state index in [9.17, 15) is 0 Å². The smallest absolute Gasteiger partial charge is 0.146 e. The summed E-state index contributed by atoms with van der Waals surface area (Å²) in [4.78, 5) is 7.19. The van der Waals surface area contributed by atoms with Crippen molar-refractivity contribution in [2.24, 2.45) is 4.99 Å². The van der Waals surface area contributed by atoms with Gasteiger partial charge in [0.15, 0.2) is 0 Å². The fourth-order valence-corrected chi connectivity index (χ4v) is 2.97. The van der Waals surface area contributed by atoms with Gasteiger partial charge in [0.1, 0.15) is 23.9 Å². The Labute approximate surface area is 114 Å². The average Bonchev–Trinajstić information content (AvgIpc) is 2.46. The number of anilines is 1. The lowest BCUT2D eigenvalue weighted by Crippen LogP contribution is -2.46. The Morgan fingerprint density at radius 1 is 1.42 bits per heavy atom. The molecule has 1 aromatic rings. The zero-order valence-corrected chi connectivity index (χ0v) is 11.4. The number of rotatable bonds is 1. The van der Waals surface area contributed by atoms with Gasteiger partial charge in [0.05, 0.1) is 0 Å². The Morgan fingerprint density at radius 3 is 3.16 bits per heavy atom. The molecule has 1 atom stereocenters. The molecule has 0 aromatic heterocycles. The Hall–Kier alpha value is -1.71. The van der Waals surface area contributed by atoms with E-state index in [1.165, 1.54) is 25.7 Å². The van der Waals surface area contributed by atoms with Crippen LogP contribution in [0.5, 0.6) is 5.75 Å². The molecule has 4 nitrogen and oxygen atoms in total. The van der Waals surface area contributed by atoms with Crippen LogP contribution in [0.3, 0.4) is 0 Å². The average molecular weight is 259 g/mol. The van der Waals surface area contributed by atoms with E-state index >= 15 is 0 Å². The predicted molar refractivity (Wildman–Crippen MR) is 78.1 cm³/mol. The predicted octanol–water partition coefficient (Wildman–Crippen LogP) is 2.96. The normalized spacial score (nSPS) is 22.5. The van der Waals surface area contributed by atoms with Gasteiger partial charge in [-0.3, -0.25) is 0 Å². The van der Waals surface area contributed by atoms with Crippen LogP contribution >= 0.6 is 0 Å². The van der Waals surface area contributed by atoms with E-state index in [2.05, 4.69) is 11.8 Å². The third-order valence-corrected chi connectivity index (χ3v) is 4.02. The molecule has 1 fully saturated rings. The van der Waals surface area contributed by atoms with E-state index in [4.69, 9.17) is 15.5 Å². The number of nitrogen functional groups attached to an aromatic ring is 1. The maximum atomic E-state index is 5.82. The van der Waals surface area contributed by atoms with Gasteiger partial charge in [0.25, 0.3) is 0 Å². The molecule has 1 aromatic carbocycles. The molecule has 2 aliphatic heterocycles. The molecule has 1 saturated heterocycles. The second-order valence-electron chi connectivity index (χ2n) is 5.30. The minimum Gasteiger partial charge on any atom is -0.483 e. The number of fused-ring (bicyclic) bond motifs is 1. The van der Waals surface area contributed by atoms with Gasteiger partial charge in [-0.15, -0.1) is 0 Å². The van der Waals surface area contributed by atoms with E-state index < -0.39 is 0 Å². The highest BCUT2D eigenvalue weighted by Crippen LogP contribution is 2.33. The molecule has 0 bridgehead atoms. The molecule has 0 aliphatic carbocycles. The minimum atomic E-state index is 0.577. The molecule has 0 saturated carbocycles. The van der Waals surface area contributed by atoms with Crippen molar-refractivity contribution in [3.63, 3.8) is 0 Å². The zero-order valence-electron chi connectivity index (χ0n) is 11.4. The molecular formula is C15H21N3O. The largest absolute Gasteiger partial charge is 0.483 e. The summed E-state index contributed by atoms with van der Waals surface area (Å²) in [5, 5.41) is 0. The van der Waals surface area contributed by atoms with Gasteiger partial charge in [0.2, 0.25) is 0 Å². The number of ether oxygens (including phenoxy) is 1. The van der Waals surface area contributed by atoms with Crippen LogP contribution in [-0.4, -0.2) is 29.9 Å². The molecule has 2 N–H and O–H groups in total. The standard InChI is InChI=1S/C15H21N3O/c1-2-12-5-3-4-8-18(12)15-10-19-14-7-6-11(16)9-13(14)17-15/h6-7,9,12H,2-5,8,10,16H2,1H3. The molecule has 4 heteroatoms. The molecule has 0 radical (unpaired) electrons. The molecule has 2 aliphatic rings. The summed E-state index contributed by atoms with van der Waals surface area (Å²) < 4.78 is 5.81. The lowest BCUT2D eigenvalue weighted by atomic mass is 10.00. The third kappa shape index (κ3) is 2.39. The van der Waals surface area contributed by atoms with Crippen LogP contribution in [0.2, 0.25) is 0 Å². The van der Waals surface area contributed by atoms with E-state index in [1.807, 2.05) is 18.2 Å². The van der Waals surface area contributed by atoms with Crippen molar-refractivity contribution in [2.75, 3.05) is 18.9 Å². The van der Waals surface area contributed by atoms with Crippen LogP contribution in [0.15, 0.2) is 23.2 Å². The van der Waals surface area contributed by atoms with Crippen molar-refractivity contribution in [1.82, 2.24) is 4.90 Å². The number of nitrogens with zero attached hydrogens (tertiary/aromatic N) is 2. The first-order valence-electron chi connectivity index (χ1n) is 7.14. The molecule has 3 rings (SSSR count). The van der Waals surface area contributed by atoms with Crippen LogP contribution in [0.1, 0.15) is 32.6 Å². The van der Waals surface area contributed by atoms with Gasteiger partial charge in [-0.2, -0.15) is 0 Å². The van der Waals surface area contributed by atoms with Crippen LogP contribution in [-0.2, 0) is 0 Å². The van der Waals surface area contributed by atoms with Crippen LogP contribution in [0, 0.1) is 0 Å². The Kier molecular flexibility index (Phi) is 3.32. The molecule has 102 valence electrons. The van der Waals surface area contributed by atoms with Crippen LogP contribution < -0.4 is 10.5 Å². The van der Waals surface area contributed by atoms with Gasteiger partial charge in [0, 0.05) is 18.3 Å². The zero-order chi connectivity index (χ0) is 13.2. The van der Waals surface area contributed by atoms with E-state index in [1.54, 1.807) is 0 Å². The van der Waals surface area contributed by atoms with Gasteiger partial charge < -0.3 is 15.4 Å². The summed E-state index contributed by atoms with van der Waals surface area (Å²) in [6.45, 7) is 3.92. The van der Waals surface area contributed by atoms with Gasteiger partial charge >= 0.3 is 0 Å². The van der Waals surface area contributed by atoms with Crippen molar-refractivity contribution < 1.29 is 4.74 Å². The number of nitrogens with two attached hydrogens (primary N) is 1. The fraction of sp³-hybridized carbons (Fsp3) is 0.533. The molecule has 0 amide bonds. The summed E-state index contributed by atoms with van der Waals surface area (Å²) in [5.41, 5.74) is 7.42. The first kappa shape index (κ1) is 12.3. The van der Waals surface area contributed by atoms with Crippen molar-refractivity contribution in [3.05, 3.63) is 18.2 Å². The second kappa shape index (κ2) is 5.11. The third-order valence-electron chi connectivity index (χ3n) is 4.02. The molecule has 0 spiro atoms. The second-order valence-corrected chi connectivity index (χ2v) is 5.30. The van der Waals surface area contributed by atoms with Crippen molar-refractivity contribution >= 4 is 17.2 Å². The summed E-state index contributed by atoms with van der Waals surface area (Å²) in [5.74, 6) is 1.90. The van der Waals surface area contributed by atoms with Crippen molar-refractivity contribution in [2.45, 2.75) is 38.6 Å². The lowest BCUT2D eigenvalue weighted by Gasteiger charge is -2.38. The molecular weight excluding hydrogens is 238 g/mol. The van der Waals surface area contributed by atoms with E-state index in [-0.39, 0.29) is 0 Å². The van der Waals surface area contributed by atoms with Gasteiger partial charge in [-0.05, 0) is 43.9 Å². The monoisotopic (exact) mass is 259 g/mol. The van der Waals surface area contributed by atoms with Crippen LogP contribution in [0.25, 0.3) is 0 Å². The summed E-state index contributed by atoms with van der Waals surface area (Å²) in [7, 11) is 0. The Bertz CT molecular complexity index is 498. The minimum absolute atomic E-state index is 0.577. The number of benzene rings is 1. The molecule has 2 heterocycles. The van der Waals surface area contributed by atoms with Gasteiger partial charge in [-0.25, -0.2) is 4.99 Å². The summed E-state index contributed by atoms with van der Waals surface area (Å²) in [6.07, 6.45) is 5.01. The number of hydrogen-bond donors (Lipinski definition) is 1. The Balaban J connectivity index is 1.89. The van der Waals surface area contributed by atoms with E-state index in [0.29, 0.717) is 12.6 Å². The fourth-order valence-electron chi connectivity index (χ4n) is 2.97. The Morgan fingerprint density at radius 2 is 2.32 bits per heavy atom. The molecule has 19 heavy (non-hydrogen) atoms. The topological polar surface area (TPSA) is 50.8 Å². The molecule has 1 unspecified atom stereocenters. The first-order valence-corrected chi connectivity index (χ1v) is 7.14. The quantitative estimate of drug-likeness (QED) is 0.789. The number of piperidine rings is 1. The van der Waals surface area contributed by atoms with Gasteiger partial charge in [-0.1, -0.05) is 6.92 Å². The maximum Gasteiger partial charge on any atom is 0.146 e. The number of aliphatic imine (C=N–C) groups is 1. The lowest BCUT2D eigenvalue weighted by molar-refractivity contribution is 0.218. The van der Waals surface area contributed by atoms with E-state index in [0.717, 1.165) is 29.5 Å². The summed E-state index contributed by atoms with van der Waals surface area (Å²) in [6, 6.07) is 6.26. The number of likely N-dealkylation sites (tertiary alicyclic amines) is 1. The highest BCUT2D eigenvalue weighted by molar-refractivity contribution is 5.89. The summed E-state index contributed by atoms with van der Waals surface area (Å²) >= 11 is 0. The van der Waals surface area contributed by atoms with Crippen molar-refractivity contribution in [3.8, 4) is 5.75 Å². The van der Waals surface area contributed by atoms with Crippen LogP contribution in [0.4, 0.5) is 11.4 Å².